The van der Waals surface area contributed by atoms with Crippen LogP contribution in [-0.2, 0) is 14.2 Å². The van der Waals surface area contributed by atoms with Gasteiger partial charge in [-0.3, -0.25) is 5.32 Å². The fourth-order valence-electron chi connectivity index (χ4n) is 3.87. The van der Waals surface area contributed by atoms with E-state index in [-0.39, 0.29) is 4.75 Å². The van der Waals surface area contributed by atoms with E-state index in [1.165, 1.54) is 17.0 Å². The fraction of sp³-hybridized carbons (Fsp3) is 0.179. The number of allylic oxidation sites excluding steroid dienone is 3. The van der Waals surface area contributed by atoms with Gasteiger partial charge < -0.3 is 15.2 Å². The first kappa shape index (κ1) is 25.2. The number of benzene rings is 2. The van der Waals surface area contributed by atoms with E-state index in [1.54, 1.807) is 30.0 Å². The summed E-state index contributed by atoms with van der Waals surface area (Å²) < 4.78 is 10.6. The summed E-state index contributed by atoms with van der Waals surface area (Å²) in [6.07, 6.45) is 5.51. The number of aromatic nitrogens is 2. The van der Waals surface area contributed by atoms with E-state index in [4.69, 9.17) is 20.2 Å². The molecule has 2 heterocycles. The lowest BCUT2D eigenvalue weighted by Gasteiger charge is -2.36. The molecule has 7 nitrogen and oxygen atoms in total. The van der Waals surface area contributed by atoms with Gasteiger partial charge in [-0.1, -0.05) is 37.4 Å². The van der Waals surface area contributed by atoms with E-state index >= 15 is 0 Å². The first-order valence-corrected chi connectivity index (χ1v) is 12.3. The Bertz CT molecular complexity index is 1250. The summed E-state index contributed by atoms with van der Waals surface area (Å²) in [5.41, 5.74) is 8.49. The highest BCUT2D eigenvalue weighted by molar-refractivity contribution is 8.00. The van der Waals surface area contributed by atoms with Gasteiger partial charge in [0, 0.05) is 35.4 Å². The first-order chi connectivity index (χ1) is 17.5. The lowest BCUT2D eigenvalue weighted by Crippen LogP contribution is -2.32. The van der Waals surface area contributed by atoms with Crippen LogP contribution in [0, 0.1) is 0 Å². The SMILES string of the molecule is C=C/C=C(\C=C)OC(=O)Nc1ccc(-c2nc(N)cc(C3(Sc4ccccc4)CCOCC3)n2)cc1. The molecule has 3 aromatic rings. The number of nitrogens with one attached hydrogen (secondary N) is 1. The van der Waals surface area contributed by atoms with Crippen LogP contribution < -0.4 is 11.1 Å². The predicted octanol–water partition coefficient (Wildman–Crippen LogP) is 6.33. The second-order valence-electron chi connectivity index (χ2n) is 8.12. The van der Waals surface area contributed by atoms with Crippen molar-refractivity contribution in [1.82, 2.24) is 9.97 Å². The molecule has 1 aliphatic heterocycles. The third kappa shape index (κ3) is 6.21. The highest BCUT2D eigenvalue weighted by Gasteiger charge is 2.37. The lowest BCUT2D eigenvalue weighted by atomic mass is 9.94. The summed E-state index contributed by atoms with van der Waals surface area (Å²) in [5.74, 6) is 1.24. The number of thioether (sulfide) groups is 1. The van der Waals surface area contributed by atoms with Gasteiger partial charge in [-0.15, -0.1) is 11.8 Å². The summed E-state index contributed by atoms with van der Waals surface area (Å²) in [6, 6.07) is 19.4. The van der Waals surface area contributed by atoms with Crippen molar-refractivity contribution in [1.29, 1.82) is 0 Å². The van der Waals surface area contributed by atoms with Crippen LogP contribution in [-0.4, -0.2) is 29.3 Å². The smallest absolute Gasteiger partial charge is 0.410 e. The Morgan fingerprint density at radius 2 is 1.81 bits per heavy atom. The average molecular weight is 501 g/mol. The van der Waals surface area contributed by atoms with Crippen LogP contribution in [0.1, 0.15) is 18.5 Å². The van der Waals surface area contributed by atoms with Crippen LogP contribution >= 0.6 is 11.8 Å². The second kappa shape index (κ2) is 11.7. The molecule has 0 atom stereocenters. The van der Waals surface area contributed by atoms with Gasteiger partial charge in [0.05, 0.1) is 10.4 Å². The highest BCUT2D eigenvalue weighted by Crippen LogP contribution is 2.48. The molecule has 0 radical (unpaired) electrons. The van der Waals surface area contributed by atoms with Crippen molar-refractivity contribution in [2.45, 2.75) is 22.5 Å². The number of ether oxygens (including phenoxy) is 2. The molecule has 2 aromatic carbocycles. The Balaban J connectivity index is 1.57. The predicted molar refractivity (Wildman–Crippen MR) is 144 cm³/mol. The number of rotatable bonds is 8. The molecule has 0 unspecified atom stereocenters. The summed E-state index contributed by atoms with van der Waals surface area (Å²) in [5, 5.41) is 2.68. The van der Waals surface area contributed by atoms with E-state index in [0.717, 1.165) is 24.1 Å². The summed E-state index contributed by atoms with van der Waals surface area (Å²) in [7, 11) is 0. The molecule has 1 aromatic heterocycles. The zero-order chi connectivity index (χ0) is 25.4. The van der Waals surface area contributed by atoms with Gasteiger partial charge in [0.25, 0.3) is 0 Å². The third-order valence-electron chi connectivity index (χ3n) is 5.65. The van der Waals surface area contributed by atoms with Gasteiger partial charge >= 0.3 is 6.09 Å². The van der Waals surface area contributed by atoms with Crippen LogP contribution in [0.3, 0.4) is 0 Å². The number of nitrogens with zero attached hydrogens (tertiary/aromatic N) is 2. The molecular formula is C28H28N4O3S. The average Bonchev–Trinajstić information content (AvgIpc) is 2.89. The molecule has 184 valence electrons. The molecule has 1 aliphatic rings. The van der Waals surface area contributed by atoms with Gasteiger partial charge in [-0.2, -0.15) is 0 Å². The number of amides is 1. The third-order valence-corrected chi connectivity index (χ3v) is 7.17. The molecule has 0 bridgehead atoms. The van der Waals surface area contributed by atoms with Crippen LogP contribution in [0.5, 0.6) is 0 Å². The number of carbonyl (C=O) groups excluding carboxylic acids is 1. The largest absolute Gasteiger partial charge is 0.417 e. The van der Waals surface area contributed by atoms with Crippen LogP contribution in [0.4, 0.5) is 16.3 Å². The number of hydrogen-bond donors (Lipinski definition) is 2. The van der Waals surface area contributed by atoms with Gasteiger partial charge in [0.15, 0.2) is 5.82 Å². The second-order valence-corrected chi connectivity index (χ2v) is 9.58. The van der Waals surface area contributed by atoms with Crippen LogP contribution in [0.2, 0.25) is 0 Å². The molecule has 1 fully saturated rings. The topological polar surface area (TPSA) is 99.4 Å². The summed E-state index contributed by atoms with van der Waals surface area (Å²) >= 11 is 1.79. The maximum atomic E-state index is 12.2. The molecule has 1 amide bonds. The Kier molecular flexibility index (Phi) is 8.20. The normalized spacial score (nSPS) is 15.1. The minimum Gasteiger partial charge on any atom is -0.410 e. The van der Waals surface area contributed by atoms with Crippen molar-refractivity contribution in [2.75, 3.05) is 24.3 Å². The van der Waals surface area contributed by atoms with E-state index in [9.17, 15) is 4.79 Å². The molecule has 0 aliphatic carbocycles. The molecular weight excluding hydrogens is 472 g/mol. The number of hydrogen-bond acceptors (Lipinski definition) is 7. The van der Waals surface area contributed by atoms with Crippen molar-refractivity contribution in [3.63, 3.8) is 0 Å². The Morgan fingerprint density at radius 1 is 1.08 bits per heavy atom. The van der Waals surface area contributed by atoms with Gasteiger partial charge in [-0.25, -0.2) is 14.8 Å². The van der Waals surface area contributed by atoms with Gasteiger partial charge in [0.1, 0.15) is 11.6 Å². The maximum Gasteiger partial charge on any atom is 0.417 e. The van der Waals surface area contributed by atoms with Crippen molar-refractivity contribution in [2.24, 2.45) is 0 Å². The maximum absolute atomic E-state index is 12.2. The zero-order valence-electron chi connectivity index (χ0n) is 19.9. The van der Waals surface area contributed by atoms with E-state index in [1.807, 2.05) is 36.4 Å². The van der Waals surface area contributed by atoms with E-state index < -0.39 is 6.09 Å². The monoisotopic (exact) mass is 500 g/mol. The molecule has 1 saturated heterocycles. The minimum absolute atomic E-state index is 0.265. The van der Waals surface area contributed by atoms with Crippen molar-refractivity contribution in [3.05, 3.63) is 104 Å². The van der Waals surface area contributed by atoms with Crippen molar-refractivity contribution >= 4 is 29.4 Å². The van der Waals surface area contributed by atoms with Crippen molar-refractivity contribution < 1.29 is 14.3 Å². The number of anilines is 2. The first-order valence-electron chi connectivity index (χ1n) is 11.5. The number of carbonyl (C=O) groups is 1. The number of nitrogen functional groups attached to an aromatic ring is 1. The van der Waals surface area contributed by atoms with Gasteiger partial charge in [-0.05, 0) is 61.4 Å². The molecule has 0 spiro atoms. The number of nitrogens with two attached hydrogens (primary N) is 1. The van der Waals surface area contributed by atoms with Crippen LogP contribution in [0.25, 0.3) is 11.4 Å². The molecule has 3 N–H and O–H groups in total. The van der Waals surface area contributed by atoms with Crippen molar-refractivity contribution in [3.8, 4) is 11.4 Å². The van der Waals surface area contributed by atoms with E-state index in [2.05, 4.69) is 35.6 Å². The molecule has 36 heavy (non-hydrogen) atoms. The standard InChI is InChI=1S/C28H28N4O3S/c1-3-8-22(4-2)35-27(33)30-21-13-11-20(12-14-21)26-31-24(19-25(29)32-26)28(15-17-34-18-16-28)36-23-9-6-5-7-10-23/h3-14,19H,1-2,15-18H2,(H,30,33)(H2,29,31,32)/b22-8+. The van der Waals surface area contributed by atoms with Crippen LogP contribution in [0.15, 0.2) is 103 Å². The zero-order valence-corrected chi connectivity index (χ0v) is 20.7. The van der Waals surface area contributed by atoms with E-state index in [0.29, 0.717) is 36.3 Å². The highest BCUT2D eigenvalue weighted by atomic mass is 32.2. The van der Waals surface area contributed by atoms with Gasteiger partial charge in [0.2, 0.25) is 0 Å². The minimum atomic E-state index is -0.627. The molecule has 4 rings (SSSR count). The molecule has 0 saturated carbocycles. The fourth-order valence-corrected chi connectivity index (χ4v) is 5.19. The lowest BCUT2D eigenvalue weighted by molar-refractivity contribution is 0.0759. The summed E-state index contributed by atoms with van der Waals surface area (Å²) in [4.78, 5) is 22.8. The Hall–Kier alpha value is -3.88. The quantitative estimate of drug-likeness (QED) is 0.275. The Labute approximate surface area is 215 Å². The summed E-state index contributed by atoms with van der Waals surface area (Å²) in [6.45, 7) is 8.50. The molecule has 8 heteroatoms. The Morgan fingerprint density at radius 3 is 2.47 bits per heavy atom.